The highest BCUT2D eigenvalue weighted by molar-refractivity contribution is 7.99. The van der Waals surface area contributed by atoms with Gasteiger partial charge in [0.15, 0.2) is 18.3 Å². The van der Waals surface area contributed by atoms with Crippen molar-refractivity contribution in [3.63, 3.8) is 0 Å². The van der Waals surface area contributed by atoms with Crippen LogP contribution in [-0.2, 0) is 35.0 Å². The molecule has 1 saturated heterocycles. The number of carbonyl (C=O) groups is 3. The number of hydrogen-bond acceptors (Lipinski definition) is 9. The lowest BCUT2D eigenvalue weighted by molar-refractivity contribution is -0.193. The second-order valence-electron chi connectivity index (χ2n) is 8.63. The third-order valence-corrected chi connectivity index (χ3v) is 7.12. The summed E-state index contributed by atoms with van der Waals surface area (Å²) in [6, 6.07) is 12.8. The Labute approximate surface area is 226 Å². The molecule has 0 aromatic heterocycles. The van der Waals surface area contributed by atoms with Gasteiger partial charge in [-0.2, -0.15) is 0 Å². The van der Waals surface area contributed by atoms with Gasteiger partial charge in [-0.15, -0.1) is 11.8 Å². The van der Waals surface area contributed by atoms with Crippen LogP contribution in [0.15, 0.2) is 42.5 Å². The zero-order valence-electron chi connectivity index (χ0n) is 21.5. The van der Waals surface area contributed by atoms with E-state index in [-0.39, 0.29) is 0 Å². The number of benzene rings is 2. The molecule has 1 aliphatic rings. The summed E-state index contributed by atoms with van der Waals surface area (Å²) in [6.07, 6.45) is -0.415. The fraction of sp³-hybridized carbons (Fsp3) is 0.444. The van der Waals surface area contributed by atoms with Crippen LogP contribution in [0.2, 0.25) is 5.02 Å². The number of hydrogen-bond donors (Lipinski definition) is 1. The molecule has 0 amide bonds. The largest absolute Gasteiger partial charge is 0.494 e. The molecule has 10 heteroatoms. The Hall–Kier alpha value is -2.75. The molecular weight excluding hydrogens is 518 g/mol. The average Bonchev–Trinajstić information content (AvgIpc) is 2.83. The summed E-state index contributed by atoms with van der Waals surface area (Å²) < 4.78 is 22.3. The first kappa shape index (κ1) is 28.8. The molecule has 37 heavy (non-hydrogen) atoms. The lowest BCUT2D eigenvalue weighted by Crippen LogP contribution is -2.63. The number of ether oxygens (including phenoxy) is 4. The van der Waals surface area contributed by atoms with Crippen LogP contribution < -0.4 is 10.1 Å². The van der Waals surface area contributed by atoms with Gasteiger partial charge in [-0.3, -0.25) is 19.7 Å². The number of nitrogens with one attached hydrogen (secondary N) is 1. The molecule has 3 rings (SSSR count). The van der Waals surface area contributed by atoms with Crippen molar-refractivity contribution in [3.05, 3.63) is 64.2 Å². The minimum atomic E-state index is -1.01. The molecule has 2 aromatic carbocycles. The summed E-state index contributed by atoms with van der Waals surface area (Å²) in [4.78, 5) is 36.0. The van der Waals surface area contributed by atoms with E-state index in [1.807, 2.05) is 49.6 Å². The maximum atomic E-state index is 12.1. The van der Waals surface area contributed by atoms with Gasteiger partial charge in [0.2, 0.25) is 0 Å². The second kappa shape index (κ2) is 13.2. The van der Waals surface area contributed by atoms with Crippen LogP contribution in [0.4, 0.5) is 0 Å². The molecule has 1 N–H and O–H groups in total. The van der Waals surface area contributed by atoms with Gasteiger partial charge in [0, 0.05) is 25.8 Å². The Morgan fingerprint density at radius 1 is 0.892 bits per heavy atom. The molecule has 0 aliphatic carbocycles. The fourth-order valence-corrected chi connectivity index (χ4v) is 5.34. The fourth-order valence-electron chi connectivity index (χ4n) is 4.39. The van der Waals surface area contributed by atoms with E-state index < -0.39 is 47.6 Å². The maximum absolute atomic E-state index is 12.1. The van der Waals surface area contributed by atoms with E-state index >= 15 is 0 Å². The molecular formula is C27H32ClNO7S. The van der Waals surface area contributed by atoms with Gasteiger partial charge in [0.05, 0.1) is 18.0 Å². The van der Waals surface area contributed by atoms with Gasteiger partial charge < -0.3 is 18.9 Å². The third kappa shape index (κ3) is 7.63. The van der Waals surface area contributed by atoms with Gasteiger partial charge in [0.25, 0.3) is 0 Å². The molecule has 0 saturated carbocycles. The predicted octanol–water partition coefficient (Wildman–Crippen LogP) is 4.46. The summed E-state index contributed by atoms with van der Waals surface area (Å²) in [6.45, 7) is 6.35. The van der Waals surface area contributed by atoms with E-state index in [1.54, 1.807) is 6.07 Å². The number of thioether (sulfide) groups is 1. The minimum Gasteiger partial charge on any atom is -0.494 e. The number of piperidine rings is 1. The van der Waals surface area contributed by atoms with Crippen LogP contribution in [-0.4, -0.2) is 54.5 Å². The van der Waals surface area contributed by atoms with Gasteiger partial charge in [-0.05, 0) is 54.5 Å². The predicted molar refractivity (Wildman–Crippen MR) is 142 cm³/mol. The highest BCUT2D eigenvalue weighted by atomic mass is 35.5. The first-order valence-corrected chi connectivity index (χ1v) is 13.6. The van der Waals surface area contributed by atoms with Crippen molar-refractivity contribution in [2.45, 2.75) is 63.8 Å². The van der Waals surface area contributed by atoms with Gasteiger partial charge in [-0.25, -0.2) is 0 Å². The molecule has 0 spiro atoms. The maximum Gasteiger partial charge on any atom is 0.303 e. The van der Waals surface area contributed by atoms with Crippen molar-refractivity contribution < 1.29 is 33.3 Å². The lowest BCUT2D eigenvalue weighted by atomic mass is 9.88. The van der Waals surface area contributed by atoms with E-state index in [0.29, 0.717) is 18.1 Å². The number of esters is 3. The van der Waals surface area contributed by atoms with E-state index in [9.17, 15) is 14.4 Å². The Bertz CT molecular complexity index is 1110. The van der Waals surface area contributed by atoms with Crippen LogP contribution in [0.3, 0.4) is 0 Å². The van der Waals surface area contributed by atoms with Crippen molar-refractivity contribution in [1.82, 2.24) is 5.32 Å². The highest BCUT2D eigenvalue weighted by Gasteiger charge is 2.50. The molecule has 0 radical (unpaired) electrons. The molecule has 5 atom stereocenters. The number of rotatable bonds is 9. The summed E-state index contributed by atoms with van der Waals surface area (Å²) in [5, 5.41) is 3.58. The van der Waals surface area contributed by atoms with Crippen molar-refractivity contribution in [2.75, 3.05) is 12.9 Å². The Morgan fingerprint density at radius 2 is 1.49 bits per heavy atom. The van der Waals surface area contributed by atoms with Crippen molar-refractivity contribution in [3.8, 4) is 5.75 Å². The number of carbonyl (C=O) groups excluding carboxylic acids is 3. The molecule has 1 aliphatic heterocycles. The lowest BCUT2D eigenvalue weighted by Gasteiger charge is -2.45. The summed E-state index contributed by atoms with van der Waals surface area (Å²) in [7, 11) is 0. The quantitative estimate of drug-likeness (QED) is 0.359. The normalized spacial score (nSPS) is 23.1. The average molecular weight is 550 g/mol. The molecule has 200 valence electrons. The van der Waals surface area contributed by atoms with Crippen LogP contribution in [0, 0.1) is 0 Å². The van der Waals surface area contributed by atoms with Crippen LogP contribution in [0.5, 0.6) is 5.75 Å². The molecule has 2 aromatic rings. The summed E-state index contributed by atoms with van der Waals surface area (Å²) in [5.74, 6) is -0.871. The molecule has 1 fully saturated rings. The van der Waals surface area contributed by atoms with Gasteiger partial charge >= 0.3 is 17.9 Å². The van der Waals surface area contributed by atoms with E-state index in [0.717, 1.165) is 22.4 Å². The van der Waals surface area contributed by atoms with Crippen molar-refractivity contribution in [1.29, 1.82) is 0 Å². The molecule has 8 nitrogen and oxygen atoms in total. The van der Waals surface area contributed by atoms with Gasteiger partial charge in [-0.1, -0.05) is 35.9 Å². The highest BCUT2D eigenvalue weighted by Crippen LogP contribution is 2.37. The molecule has 1 heterocycles. The van der Waals surface area contributed by atoms with Crippen molar-refractivity contribution >= 4 is 41.3 Å². The molecule has 0 bridgehead atoms. The SMILES string of the molecule is CCOc1ccc(Cc2cc([C@@H]3N[C@H](SC)[C@@H](OC(C)=O)[C@H](OC(C)=O)[C@H]3OC(C)=O)ccc2Cl)cc1. The van der Waals surface area contributed by atoms with E-state index in [2.05, 4.69) is 5.32 Å². The topological polar surface area (TPSA) is 100 Å². The minimum absolute atomic E-state index is 0.435. The third-order valence-electron chi connectivity index (χ3n) is 5.84. The monoisotopic (exact) mass is 549 g/mol. The Kier molecular flexibility index (Phi) is 10.3. The smallest absolute Gasteiger partial charge is 0.303 e. The molecule has 0 unspecified atom stereocenters. The van der Waals surface area contributed by atoms with Crippen LogP contribution >= 0.6 is 23.4 Å². The summed E-state index contributed by atoms with van der Waals surface area (Å²) in [5.41, 5.74) is 2.71. The van der Waals surface area contributed by atoms with E-state index in [4.69, 9.17) is 30.5 Å². The second-order valence-corrected chi connectivity index (χ2v) is 10.0. The first-order valence-electron chi connectivity index (χ1n) is 11.9. The van der Waals surface area contributed by atoms with Crippen LogP contribution in [0.25, 0.3) is 0 Å². The van der Waals surface area contributed by atoms with Gasteiger partial charge in [0.1, 0.15) is 5.75 Å². The summed E-state index contributed by atoms with van der Waals surface area (Å²) >= 11 is 7.96. The first-order chi connectivity index (χ1) is 17.6. The number of halogens is 1. The Balaban J connectivity index is 1.99. The van der Waals surface area contributed by atoms with Crippen LogP contribution in [0.1, 0.15) is 50.4 Å². The zero-order chi connectivity index (χ0) is 27.1. The van der Waals surface area contributed by atoms with E-state index in [1.165, 1.54) is 32.5 Å². The zero-order valence-corrected chi connectivity index (χ0v) is 23.1. The van der Waals surface area contributed by atoms with Crippen molar-refractivity contribution in [2.24, 2.45) is 0 Å². The standard InChI is InChI=1S/C27H32ClNO7S/c1-6-33-21-10-7-18(8-11-21)13-20-14-19(9-12-22(20)28)23-24(34-15(2)30)25(35-16(3)31)26(36-17(4)32)27(29-23)37-5/h7-12,14,23-27,29H,6,13H2,1-5H3/t23-,24-,25+,26-,27+/m0/s1. The Morgan fingerprint density at radius 3 is 2.05 bits per heavy atom.